The number of carbonyl (C=O) groups excluding carboxylic acids is 1. The Balaban J connectivity index is 1.86. The van der Waals surface area contributed by atoms with E-state index in [0.717, 1.165) is 5.56 Å². The van der Waals surface area contributed by atoms with Gasteiger partial charge in [0, 0.05) is 7.05 Å². The minimum Gasteiger partial charge on any atom is -0.445 e. The molecular formula is C13H15N3O3S. The van der Waals surface area contributed by atoms with Gasteiger partial charge in [-0.25, -0.2) is 9.48 Å². The average molecular weight is 293 g/mol. The van der Waals surface area contributed by atoms with Gasteiger partial charge in [-0.1, -0.05) is 30.3 Å². The maximum atomic E-state index is 11.7. The van der Waals surface area contributed by atoms with E-state index in [4.69, 9.17) is 21.4 Å². The first-order valence-corrected chi connectivity index (χ1v) is 6.48. The molecular weight excluding hydrogens is 278 g/mol. The summed E-state index contributed by atoms with van der Waals surface area (Å²) in [5.41, 5.74) is 0.922. The first-order chi connectivity index (χ1) is 9.56. The second kappa shape index (κ2) is 6.33. The Hall–Kier alpha value is -2.15. The van der Waals surface area contributed by atoms with Gasteiger partial charge in [-0.05, 0) is 24.7 Å². The molecule has 106 valence electrons. The Kier molecular flexibility index (Phi) is 4.52. The highest BCUT2D eigenvalue weighted by molar-refractivity contribution is 7.71. The summed E-state index contributed by atoms with van der Waals surface area (Å²) < 4.78 is 11.8. The number of amides is 1. The Morgan fingerprint density at radius 2 is 2.20 bits per heavy atom. The van der Waals surface area contributed by atoms with Crippen LogP contribution >= 0.6 is 12.2 Å². The maximum absolute atomic E-state index is 11.7. The van der Waals surface area contributed by atoms with Crippen LogP contribution in [-0.2, 0) is 18.4 Å². The van der Waals surface area contributed by atoms with E-state index in [-0.39, 0.29) is 11.4 Å². The number of hydrogen-bond donors (Lipinski definition) is 1. The van der Waals surface area contributed by atoms with Crippen LogP contribution in [0.5, 0.6) is 0 Å². The highest BCUT2D eigenvalue weighted by Gasteiger charge is 2.16. The highest BCUT2D eigenvalue weighted by Crippen LogP contribution is 2.10. The van der Waals surface area contributed by atoms with E-state index < -0.39 is 12.1 Å². The number of ether oxygens (including phenoxy) is 1. The van der Waals surface area contributed by atoms with Crippen LogP contribution in [0.2, 0.25) is 0 Å². The molecule has 2 rings (SSSR count). The van der Waals surface area contributed by atoms with Crippen molar-refractivity contribution in [1.82, 2.24) is 15.1 Å². The van der Waals surface area contributed by atoms with Crippen molar-refractivity contribution in [3.05, 3.63) is 46.6 Å². The molecule has 0 aliphatic heterocycles. The third-order valence-corrected chi connectivity index (χ3v) is 2.97. The molecule has 7 heteroatoms. The van der Waals surface area contributed by atoms with E-state index in [1.165, 1.54) is 4.68 Å². The Morgan fingerprint density at radius 1 is 1.50 bits per heavy atom. The molecule has 6 nitrogen and oxygen atoms in total. The van der Waals surface area contributed by atoms with E-state index in [1.54, 1.807) is 14.0 Å². The average Bonchev–Trinajstić information content (AvgIpc) is 2.78. The summed E-state index contributed by atoms with van der Waals surface area (Å²) >= 11 is 4.91. The van der Waals surface area contributed by atoms with E-state index in [1.807, 2.05) is 30.3 Å². The second-order valence-corrected chi connectivity index (χ2v) is 4.61. The zero-order chi connectivity index (χ0) is 14.5. The quantitative estimate of drug-likeness (QED) is 0.878. The molecule has 1 aromatic carbocycles. The standard InChI is InChI=1S/C13H15N3O3S/c1-9(11-15-16(2)13(20)19-11)14-12(17)18-8-10-6-4-3-5-7-10/h3-7,9H,8H2,1-2H3,(H,14,17). The lowest BCUT2D eigenvalue weighted by Gasteiger charge is -2.10. The molecule has 1 amide bonds. The molecule has 1 aromatic heterocycles. The molecule has 0 saturated heterocycles. The number of nitrogens with one attached hydrogen (secondary N) is 1. The van der Waals surface area contributed by atoms with Crippen LogP contribution in [0.15, 0.2) is 34.7 Å². The molecule has 2 aromatic rings. The third kappa shape index (κ3) is 3.67. The number of carbonyl (C=O) groups is 1. The summed E-state index contributed by atoms with van der Waals surface area (Å²) in [6, 6.07) is 9.03. The van der Waals surface area contributed by atoms with Crippen LogP contribution in [0.1, 0.15) is 24.4 Å². The molecule has 1 atom stereocenters. The van der Waals surface area contributed by atoms with Crippen molar-refractivity contribution >= 4 is 18.3 Å². The number of alkyl carbamates (subject to hydrolysis) is 1. The number of nitrogens with zero attached hydrogens (tertiary/aromatic N) is 2. The fourth-order valence-electron chi connectivity index (χ4n) is 1.54. The first kappa shape index (κ1) is 14.3. The van der Waals surface area contributed by atoms with Crippen LogP contribution in [0.3, 0.4) is 0 Å². The van der Waals surface area contributed by atoms with Crippen LogP contribution in [-0.4, -0.2) is 15.9 Å². The molecule has 0 saturated carbocycles. The molecule has 20 heavy (non-hydrogen) atoms. The first-order valence-electron chi connectivity index (χ1n) is 6.07. The van der Waals surface area contributed by atoms with Gasteiger partial charge in [-0.3, -0.25) is 0 Å². The maximum Gasteiger partial charge on any atom is 0.408 e. The van der Waals surface area contributed by atoms with Crippen molar-refractivity contribution in [3.63, 3.8) is 0 Å². The predicted octanol–water partition coefficient (Wildman–Crippen LogP) is 2.73. The van der Waals surface area contributed by atoms with Gasteiger partial charge >= 0.3 is 6.09 Å². The minimum absolute atomic E-state index is 0.213. The minimum atomic E-state index is -0.534. The van der Waals surface area contributed by atoms with E-state index in [0.29, 0.717) is 5.89 Å². The van der Waals surface area contributed by atoms with Gasteiger partial charge in [0.2, 0.25) is 5.89 Å². The van der Waals surface area contributed by atoms with Gasteiger partial charge < -0.3 is 14.5 Å². The Morgan fingerprint density at radius 3 is 2.80 bits per heavy atom. The number of benzene rings is 1. The number of rotatable bonds is 4. The lowest BCUT2D eigenvalue weighted by Crippen LogP contribution is -2.27. The second-order valence-electron chi connectivity index (χ2n) is 4.26. The fraction of sp³-hybridized carbons (Fsp3) is 0.308. The smallest absolute Gasteiger partial charge is 0.408 e. The zero-order valence-electron chi connectivity index (χ0n) is 11.2. The molecule has 1 unspecified atom stereocenters. The van der Waals surface area contributed by atoms with Gasteiger partial charge in [-0.15, -0.1) is 5.10 Å². The number of hydrogen-bond acceptors (Lipinski definition) is 5. The number of aryl methyl sites for hydroxylation is 1. The van der Waals surface area contributed by atoms with Gasteiger partial charge in [0.1, 0.15) is 12.6 Å². The lowest BCUT2D eigenvalue weighted by molar-refractivity contribution is 0.135. The van der Waals surface area contributed by atoms with Gasteiger partial charge in [0.05, 0.1) is 0 Å². The van der Waals surface area contributed by atoms with E-state index in [2.05, 4.69) is 10.4 Å². The largest absolute Gasteiger partial charge is 0.445 e. The SMILES string of the molecule is CC(NC(=O)OCc1ccccc1)c1nn(C)c(=S)o1. The zero-order valence-corrected chi connectivity index (χ0v) is 12.0. The highest BCUT2D eigenvalue weighted by atomic mass is 32.1. The third-order valence-electron chi connectivity index (χ3n) is 2.62. The van der Waals surface area contributed by atoms with Crippen molar-refractivity contribution in [2.75, 3.05) is 0 Å². The van der Waals surface area contributed by atoms with Crippen molar-refractivity contribution in [2.24, 2.45) is 7.05 Å². The van der Waals surface area contributed by atoms with Crippen LogP contribution in [0, 0.1) is 4.84 Å². The van der Waals surface area contributed by atoms with Crippen molar-refractivity contribution in [2.45, 2.75) is 19.6 Å². The van der Waals surface area contributed by atoms with Gasteiger partial charge in [0.15, 0.2) is 0 Å². The fourth-order valence-corrected chi connectivity index (χ4v) is 1.67. The van der Waals surface area contributed by atoms with Crippen LogP contribution in [0.4, 0.5) is 4.79 Å². The summed E-state index contributed by atoms with van der Waals surface area (Å²) in [5, 5.41) is 6.69. The summed E-state index contributed by atoms with van der Waals surface area (Å²) in [6.45, 7) is 1.95. The molecule has 1 N–H and O–H groups in total. The Bertz CT molecular complexity index is 636. The van der Waals surface area contributed by atoms with E-state index >= 15 is 0 Å². The molecule has 1 heterocycles. The predicted molar refractivity (Wildman–Crippen MR) is 74.5 cm³/mol. The molecule has 0 aliphatic carbocycles. The molecule has 0 radical (unpaired) electrons. The van der Waals surface area contributed by atoms with Crippen molar-refractivity contribution in [1.29, 1.82) is 0 Å². The van der Waals surface area contributed by atoms with Gasteiger partial charge in [-0.2, -0.15) is 0 Å². The molecule has 0 bridgehead atoms. The normalized spacial score (nSPS) is 11.9. The Labute approximate surface area is 121 Å². The van der Waals surface area contributed by atoms with Crippen LogP contribution < -0.4 is 5.32 Å². The topological polar surface area (TPSA) is 69.3 Å². The van der Waals surface area contributed by atoms with Crippen LogP contribution in [0.25, 0.3) is 0 Å². The van der Waals surface area contributed by atoms with Gasteiger partial charge in [0.25, 0.3) is 4.84 Å². The van der Waals surface area contributed by atoms with Crippen molar-refractivity contribution < 1.29 is 13.9 Å². The monoisotopic (exact) mass is 293 g/mol. The molecule has 0 fully saturated rings. The molecule has 0 spiro atoms. The number of aromatic nitrogens is 2. The summed E-state index contributed by atoms with van der Waals surface area (Å²) in [5.74, 6) is 0.342. The summed E-state index contributed by atoms with van der Waals surface area (Å²) in [4.78, 5) is 11.9. The lowest BCUT2D eigenvalue weighted by atomic mass is 10.2. The summed E-state index contributed by atoms with van der Waals surface area (Å²) in [7, 11) is 1.68. The van der Waals surface area contributed by atoms with E-state index in [9.17, 15) is 4.79 Å². The molecule has 0 aliphatic rings. The van der Waals surface area contributed by atoms with Crippen molar-refractivity contribution in [3.8, 4) is 0 Å². The summed E-state index contributed by atoms with van der Waals surface area (Å²) in [6.07, 6.45) is -0.534.